The smallest absolute Gasteiger partial charge is 0.256 e. The third-order valence-corrected chi connectivity index (χ3v) is 5.49. The third kappa shape index (κ3) is 4.41. The Morgan fingerprint density at radius 3 is 2.66 bits per heavy atom. The van der Waals surface area contributed by atoms with Crippen LogP contribution in [0.25, 0.3) is 11.2 Å². The molecule has 0 bridgehead atoms. The van der Waals surface area contributed by atoms with Gasteiger partial charge in [0.25, 0.3) is 5.91 Å². The highest BCUT2D eigenvalue weighted by Gasteiger charge is 2.40. The molecular formula is C22H23N5O5. The van der Waals surface area contributed by atoms with Gasteiger partial charge in [-0.3, -0.25) is 14.2 Å². The highest BCUT2D eigenvalue weighted by atomic mass is 16.5. The summed E-state index contributed by atoms with van der Waals surface area (Å²) in [7, 11) is 0. The Morgan fingerprint density at radius 1 is 1.16 bits per heavy atom. The molecular weight excluding hydrogens is 414 g/mol. The van der Waals surface area contributed by atoms with Crippen LogP contribution in [-0.4, -0.2) is 54.8 Å². The number of Topliss-reactive ketones (excluding diaryl/α,β-unsaturated/α-hetero) is 2. The van der Waals surface area contributed by atoms with E-state index in [1.807, 2.05) is 6.07 Å². The summed E-state index contributed by atoms with van der Waals surface area (Å²) in [4.78, 5) is 49.1. The number of fused-ring (bicyclic) bond motifs is 1. The van der Waals surface area contributed by atoms with E-state index in [9.17, 15) is 19.5 Å². The van der Waals surface area contributed by atoms with Crippen molar-refractivity contribution < 1.29 is 24.2 Å². The summed E-state index contributed by atoms with van der Waals surface area (Å²) >= 11 is 0. The van der Waals surface area contributed by atoms with E-state index < -0.39 is 18.2 Å². The van der Waals surface area contributed by atoms with Gasteiger partial charge in [-0.25, -0.2) is 15.0 Å². The number of hydrogen-bond acceptors (Lipinski definition) is 8. The van der Waals surface area contributed by atoms with Gasteiger partial charge in [-0.15, -0.1) is 0 Å². The van der Waals surface area contributed by atoms with Gasteiger partial charge in [0.15, 0.2) is 17.0 Å². The molecule has 1 aliphatic rings. The number of hydrogen-bond donors (Lipinski definition) is 2. The third-order valence-electron chi connectivity index (χ3n) is 5.49. The number of benzene rings is 1. The minimum Gasteiger partial charge on any atom is -0.394 e. The molecule has 0 radical (unpaired) electrons. The van der Waals surface area contributed by atoms with Crippen molar-refractivity contribution in [2.75, 3.05) is 11.9 Å². The maximum absolute atomic E-state index is 12.6. The van der Waals surface area contributed by atoms with Gasteiger partial charge in [0.1, 0.15) is 24.1 Å². The number of amides is 1. The normalized spacial score (nSPS) is 20.4. The Morgan fingerprint density at radius 2 is 1.94 bits per heavy atom. The number of rotatable bonds is 8. The second-order valence-corrected chi connectivity index (χ2v) is 7.69. The first-order valence-corrected chi connectivity index (χ1v) is 10.3. The predicted molar refractivity (Wildman–Crippen MR) is 114 cm³/mol. The van der Waals surface area contributed by atoms with E-state index in [0.29, 0.717) is 23.1 Å². The number of carbonyl (C=O) groups excluding carboxylic acids is 3. The molecule has 4 rings (SSSR count). The molecule has 166 valence electrons. The van der Waals surface area contributed by atoms with Crippen LogP contribution >= 0.6 is 0 Å². The second-order valence-electron chi connectivity index (χ2n) is 7.69. The Labute approximate surface area is 183 Å². The molecule has 10 nitrogen and oxygen atoms in total. The van der Waals surface area contributed by atoms with Gasteiger partial charge < -0.3 is 20.0 Å². The molecule has 3 aromatic rings. The molecule has 2 aromatic heterocycles. The van der Waals surface area contributed by atoms with Crippen LogP contribution in [0.2, 0.25) is 0 Å². The topological polar surface area (TPSA) is 136 Å². The molecule has 1 amide bonds. The first-order chi connectivity index (χ1) is 15.5. The Kier molecular flexibility index (Phi) is 6.33. The van der Waals surface area contributed by atoms with Crippen molar-refractivity contribution in [3.05, 3.63) is 48.5 Å². The summed E-state index contributed by atoms with van der Waals surface area (Å²) in [6, 6.07) is 8.74. The lowest BCUT2D eigenvalue weighted by molar-refractivity contribution is -0.128. The number of anilines is 1. The zero-order valence-corrected chi connectivity index (χ0v) is 17.5. The fraction of sp³-hybridized carbons (Fsp3) is 0.364. The van der Waals surface area contributed by atoms with Gasteiger partial charge in [-0.05, 0) is 19.1 Å². The van der Waals surface area contributed by atoms with E-state index in [4.69, 9.17) is 4.74 Å². The average molecular weight is 437 g/mol. The largest absolute Gasteiger partial charge is 0.394 e. The first kappa shape index (κ1) is 21.7. The van der Waals surface area contributed by atoms with Crippen LogP contribution in [0.5, 0.6) is 0 Å². The van der Waals surface area contributed by atoms with Crippen LogP contribution < -0.4 is 5.32 Å². The number of carbonyl (C=O) groups is 3. The predicted octanol–water partition coefficient (Wildman–Crippen LogP) is 1.91. The van der Waals surface area contributed by atoms with Crippen molar-refractivity contribution in [2.24, 2.45) is 5.92 Å². The van der Waals surface area contributed by atoms with E-state index in [2.05, 4.69) is 20.3 Å². The zero-order chi connectivity index (χ0) is 22.7. The summed E-state index contributed by atoms with van der Waals surface area (Å²) in [5.74, 6) is -0.767. The second kappa shape index (κ2) is 9.33. The molecule has 1 aliphatic heterocycles. The maximum atomic E-state index is 12.6. The number of nitrogens with one attached hydrogen (secondary N) is 1. The molecule has 3 heterocycles. The van der Waals surface area contributed by atoms with Crippen molar-refractivity contribution in [3.8, 4) is 0 Å². The van der Waals surface area contributed by atoms with Gasteiger partial charge >= 0.3 is 0 Å². The summed E-state index contributed by atoms with van der Waals surface area (Å²) in [6.45, 7) is 1.13. The summed E-state index contributed by atoms with van der Waals surface area (Å²) in [5, 5.41) is 12.4. The Balaban J connectivity index is 1.55. The summed E-state index contributed by atoms with van der Waals surface area (Å²) in [5.41, 5.74) is 1.30. The number of ketones is 2. The molecule has 0 spiro atoms. The molecule has 32 heavy (non-hydrogen) atoms. The summed E-state index contributed by atoms with van der Waals surface area (Å²) in [6.07, 6.45) is 2.20. The molecule has 1 unspecified atom stereocenters. The van der Waals surface area contributed by atoms with Crippen LogP contribution in [0.1, 0.15) is 42.8 Å². The maximum Gasteiger partial charge on any atom is 0.256 e. The van der Waals surface area contributed by atoms with E-state index in [1.165, 1.54) is 19.6 Å². The number of ether oxygens (including phenoxy) is 1. The molecule has 1 fully saturated rings. The number of aromatic nitrogens is 4. The van der Waals surface area contributed by atoms with Crippen LogP contribution in [0.15, 0.2) is 43.0 Å². The fourth-order valence-electron chi connectivity index (χ4n) is 3.82. The minimum absolute atomic E-state index is 0.0586. The van der Waals surface area contributed by atoms with Gasteiger partial charge in [0.2, 0.25) is 0 Å². The van der Waals surface area contributed by atoms with Crippen molar-refractivity contribution in [2.45, 2.75) is 38.5 Å². The highest BCUT2D eigenvalue weighted by Crippen LogP contribution is 2.36. The van der Waals surface area contributed by atoms with Crippen molar-refractivity contribution in [3.63, 3.8) is 0 Å². The molecule has 0 aliphatic carbocycles. The van der Waals surface area contributed by atoms with E-state index in [1.54, 1.807) is 28.8 Å². The van der Waals surface area contributed by atoms with Gasteiger partial charge in [0, 0.05) is 24.8 Å². The molecule has 1 saturated heterocycles. The number of nitrogens with zero attached hydrogens (tertiary/aromatic N) is 4. The monoisotopic (exact) mass is 437 g/mol. The molecule has 10 heteroatoms. The van der Waals surface area contributed by atoms with Crippen LogP contribution in [0, 0.1) is 5.92 Å². The SMILES string of the molecule is CC(=O)CCC(=O)C1C[C@H](n2cnc3c(NC(=O)c4ccccc4)ncnc32)O[C@@H]1CO. The Hall–Kier alpha value is -3.50. The van der Waals surface area contributed by atoms with Gasteiger partial charge in [-0.2, -0.15) is 0 Å². The number of aliphatic hydroxyl groups is 1. The fourth-order valence-corrected chi connectivity index (χ4v) is 3.82. The number of imidazole rings is 1. The Bertz CT molecular complexity index is 1150. The van der Waals surface area contributed by atoms with Crippen LogP contribution in [0.3, 0.4) is 0 Å². The quantitative estimate of drug-likeness (QED) is 0.545. The van der Waals surface area contributed by atoms with Gasteiger partial charge in [0.05, 0.1) is 25.0 Å². The van der Waals surface area contributed by atoms with Crippen molar-refractivity contribution in [1.29, 1.82) is 0 Å². The molecule has 3 atom stereocenters. The van der Waals surface area contributed by atoms with Gasteiger partial charge in [-0.1, -0.05) is 18.2 Å². The van der Waals surface area contributed by atoms with E-state index >= 15 is 0 Å². The summed E-state index contributed by atoms with van der Waals surface area (Å²) < 4.78 is 7.58. The average Bonchev–Trinajstić information content (AvgIpc) is 3.42. The highest BCUT2D eigenvalue weighted by molar-refractivity contribution is 6.06. The minimum atomic E-state index is -0.670. The van der Waals surface area contributed by atoms with Crippen LogP contribution in [0.4, 0.5) is 5.82 Å². The first-order valence-electron chi connectivity index (χ1n) is 10.3. The zero-order valence-electron chi connectivity index (χ0n) is 17.5. The van der Waals surface area contributed by atoms with Crippen LogP contribution in [-0.2, 0) is 14.3 Å². The number of aliphatic hydroxyl groups excluding tert-OH is 1. The lowest BCUT2D eigenvalue weighted by atomic mass is 9.92. The molecule has 2 N–H and O–H groups in total. The van der Waals surface area contributed by atoms with Crippen molar-refractivity contribution >= 4 is 34.5 Å². The van der Waals surface area contributed by atoms with E-state index in [0.717, 1.165) is 0 Å². The standard InChI is InChI=1S/C22H23N5O5/c1-13(29)7-8-16(30)15-9-18(32-17(15)10-28)27-12-25-19-20(23-11-24-21(19)27)26-22(31)14-5-3-2-4-6-14/h2-6,11-12,15,17-18,28H,7-10H2,1H3,(H,23,24,26,31)/t15?,17-,18-/m1/s1. The molecule has 1 aromatic carbocycles. The van der Waals surface area contributed by atoms with E-state index in [-0.39, 0.29) is 42.7 Å². The molecule has 0 saturated carbocycles. The van der Waals surface area contributed by atoms with Crippen molar-refractivity contribution in [1.82, 2.24) is 19.5 Å². The lowest BCUT2D eigenvalue weighted by Crippen LogP contribution is -2.27. The lowest BCUT2D eigenvalue weighted by Gasteiger charge is -2.14.